The Morgan fingerprint density at radius 1 is 1.38 bits per heavy atom. The molecule has 16 heavy (non-hydrogen) atoms. The molecule has 2 unspecified atom stereocenters. The summed E-state index contributed by atoms with van der Waals surface area (Å²) in [4.78, 5) is 2.64. The molecule has 2 nitrogen and oxygen atoms in total. The summed E-state index contributed by atoms with van der Waals surface area (Å²) in [6.45, 7) is 11.7. The lowest BCUT2D eigenvalue weighted by Crippen LogP contribution is -2.36. The van der Waals surface area contributed by atoms with E-state index in [4.69, 9.17) is 5.73 Å². The van der Waals surface area contributed by atoms with Gasteiger partial charge in [-0.1, -0.05) is 20.8 Å². The Hall–Kier alpha value is -0.0800. The van der Waals surface area contributed by atoms with Gasteiger partial charge in [0.1, 0.15) is 0 Å². The fourth-order valence-electron chi connectivity index (χ4n) is 2.85. The van der Waals surface area contributed by atoms with E-state index in [-0.39, 0.29) is 0 Å². The first-order valence-electron chi connectivity index (χ1n) is 7.04. The summed E-state index contributed by atoms with van der Waals surface area (Å²) in [5, 5.41) is 0. The summed E-state index contributed by atoms with van der Waals surface area (Å²) in [6.07, 6.45) is 5.39. The lowest BCUT2D eigenvalue weighted by Gasteiger charge is -2.32. The lowest BCUT2D eigenvalue weighted by atomic mass is 9.93. The van der Waals surface area contributed by atoms with Crippen LogP contribution in [0.15, 0.2) is 0 Å². The molecule has 1 aliphatic heterocycles. The quantitative estimate of drug-likeness (QED) is 0.754. The summed E-state index contributed by atoms with van der Waals surface area (Å²) in [7, 11) is 0. The van der Waals surface area contributed by atoms with Gasteiger partial charge in [0.05, 0.1) is 0 Å². The van der Waals surface area contributed by atoms with Crippen LogP contribution in [0.25, 0.3) is 0 Å². The van der Waals surface area contributed by atoms with Crippen LogP contribution in [0.1, 0.15) is 46.5 Å². The van der Waals surface area contributed by atoms with E-state index in [2.05, 4.69) is 25.7 Å². The second kappa shape index (κ2) is 7.29. The van der Waals surface area contributed by atoms with Crippen LogP contribution in [0.4, 0.5) is 0 Å². The third-order valence-corrected chi connectivity index (χ3v) is 3.73. The first kappa shape index (κ1) is 14.0. The average Bonchev–Trinajstić information content (AvgIpc) is 2.24. The summed E-state index contributed by atoms with van der Waals surface area (Å²) >= 11 is 0. The maximum Gasteiger partial charge on any atom is 0.000703 e. The molecule has 0 amide bonds. The van der Waals surface area contributed by atoms with Gasteiger partial charge >= 0.3 is 0 Å². The van der Waals surface area contributed by atoms with Gasteiger partial charge < -0.3 is 10.6 Å². The topological polar surface area (TPSA) is 29.3 Å². The molecule has 0 radical (unpaired) electrons. The highest BCUT2D eigenvalue weighted by molar-refractivity contribution is 4.72. The zero-order valence-corrected chi connectivity index (χ0v) is 11.4. The number of piperidine rings is 1. The van der Waals surface area contributed by atoms with Crippen LogP contribution in [-0.4, -0.2) is 31.1 Å². The van der Waals surface area contributed by atoms with Crippen molar-refractivity contribution in [2.75, 3.05) is 26.2 Å². The van der Waals surface area contributed by atoms with Crippen molar-refractivity contribution < 1.29 is 0 Å². The van der Waals surface area contributed by atoms with Gasteiger partial charge in [-0.15, -0.1) is 0 Å². The first-order chi connectivity index (χ1) is 7.61. The second-order valence-electron chi connectivity index (χ2n) is 6.07. The molecule has 1 rings (SSSR count). The Balaban J connectivity index is 2.20. The highest BCUT2D eigenvalue weighted by atomic mass is 15.1. The number of likely N-dealkylation sites (tertiary alicyclic amines) is 1. The highest BCUT2D eigenvalue weighted by Crippen LogP contribution is 2.19. The predicted octanol–water partition coefficient (Wildman–Crippen LogP) is 2.73. The van der Waals surface area contributed by atoms with Gasteiger partial charge in [-0.3, -0.25) is 0 Å². The van der Waals surface area contributed by atoms with Crippen molar-refractivity contribution in [2.45, 2.75) is 46.5 Å². The molecule has 0 spiro atoms. The molecular weight excluding hydrogens is 196 g/mol. The van der Waals surface area contributed by atoms with E-state index in [1.54, 1.807) is 0 Å². The third kappa shape index (κ3) is 5.31. The molecule has 0 aliphatic carbocycles. The van der Waals surface area contributed by atoms with Crippen molar-refractivity contribution >= 4 is 0 Å². The van der Waals surface area contributed by atoms with Gasteiger partial charge in [-0.25, -0.2) is 0 Å². The van der Waals surface area contributed by atoms with Gasteiger partial charge in [0.2, 0.25) is 0 Å². The molecule has 96 valence electrons. The zero-order valence-electron chi connectivity index (χ0n) is 11.4. The third-order valence-electron chi connectivity index (χ3n) is 3.73. The van der Waals surface area contributed by atoms with E-state index in [0.29, 0.717) is 0 Å². The molecule has 0 aromatic heterocycles. The van der Waals surface area contributed by atoms with Crippen LogP contribution < -0.4 is 5.73 Å². The molecule has 0 aromatic carbocycles. The van der Waals surface area contributed by atoms with E-state index < -0.39 is 0 Å². The fourth-order valence-corrected chi connectivity index (χ4v) is 2.85. The summed E-state index contributed by atoms with van der Waals surface area (Å²) in [5.74, 6) is 2.42. The van der Waals surface area contributed by atoms with Crippen LogP contribution in [0.2, 0.25) is 0 Å². The number of nitrogens with two attached hydrogens (primary N) is 1. The standard InChI is InChI=1S/C14H30N2/c1-12(2)9-14(10-15)6-8-16-7-4-5-13(3)11-16/h12-14H,4-11,15H2,1-3H3. The number of hydrogen-bond donors (Lipinski definition) is 1. The monoisotopic (exact) mass is 226 g/mol. The number of rotatable bonds is 6. The minimum absolute atomic E-state index is 0.734. The Morgan fingerprint density at radius 3 is 2.69 bits per heavy atom. The molecule has 1 aliphatic rings. The van der Waals surface area contributed by atoms with Crippen LogP contribution in [0, 0.1) is 17.8 Å². The van der Waals surface area contributed by atoms with E-state index in [0.717, 1.165) is 24.3 Å². The van der Waals surface area contributed by atoms with Crippen LogP contribution >= 0.6 is 0 Å². The van der Waals surface area contributed by atoms with Gasteiger partial charge in [-0.2, -0.15) is 0 Å². The van der Waals surface area contributed by atoms with Crippen molar-refractivity contribution in [3.8, 4) is 0 Å². The van der Waals surface area contributed by atoms with Crippen LogP contribution in [0.5, 0.6) is 0 Å². The van der Waals surface area contributed by atoms with E-state index in [9.17, 15) is 0 Å². The van der Waals surface area contributed by atoms with Crippen molar-refractivity contribution in [3.05, 3.63) is 0 Å². The number of hydrogen-bond acceptors (Lipinski definition) is 2. The van der Waals surface area contributed by atoms with Gasteiger partial charge in [0, 0.05) is 6.54 Å². The fraction of sp³-hybridized carbons (Fsp3) is 1.00. The molecule has 2 N–H and O–H groups in total. The van der Waals surface area contributed by atoms with Crippen molar-refractivity contribution in [2.24, 2.45) is 23.5 Å². The van der Waals surface area contributed by atoms with E-state index in [1.807, 2.05) is 0 Å². The Morgan fingerprint density at radius 2 is 2.12 bits per heavy atom. The molecule has 2 atom stereocenters. The molecule has 2 heteroatoms. The van der Waals surface area contributed by atoms with Crippen molar-refractivity contribution in [3.63, 3.8) is 0 Å². The molecule has 1 fully saturated rings. The zero-order chi connectivity index (χ0) is 12.0. The molecule has 0 aromatic rings. The normalized spacial score (nSPS) is 24.9. The minimum Gasteiger partial charge on any atom is -0.330 e. The summed E-state index contributed by atoms with van der Waals surface area (Å²) < 4.78 is 0. The van der Waals surface area contributed by atoms with E-state index >= 15 is 0 Å². The maximum atomic E-state index is 5.85. The van der Waals surface area contributed by atoms with Crippen LogP contribution in [-0.2, 0) is 0 Å². The Labute approximate surface area is 102 Å². The SMILES string of the molecule is CC(C)CC(CN)CCN1CCCC(C)C1. The van der Waals surface area contributed by atoms with Crippen LogP contribution in [0.3, 0.4) is 0 Å². The Bertz CT molecular complexity index is 176. The molecule has 1 heterocycles. The lowest BCUT2D eigenvalue weighted by molar-refractivity contribution is 0.170. The molecule has 1 saturated heterocycles. The average molecular weight is 226 g/mol. The Kier molecular flexibility index (Phi) is 6.37. The van der Waals surface area contributed by atoms with Crippen molar-refractivity contribution in [1.29, 1.82) is 0 Å². The number of nitrogens with zero attached hydrogens (tertiary/aromatic N) is 1. The second-order valence-corrected chi connectivity index (χ2v) is 6.07. The predicted molar refractivity (Wildman–Crippen MR) is 71.5 cm³/mol. The van der Waals surface area contributed by atoms with Crippen molar-refractivity contribution in [1.82, 2.24) is 4.90 Å². The summed E-state index contributed by atoms with van der Waals surface area (Å²) in [6, 6.07) is 0. The smallest absolute Gasteiger partial charge is 0.000703 e. The van der Waals surface area contributed by atoms with Gasteiger partial charge in [0.15, 0.2) is 0 Å². The molecule has 0 bridgehead atoms. The molecular formula is C14H30N2. The molecule has 0 saturated carbocycles. The first-order valence-corrected chi connectivity index (χ1v) is 7.04. The maximum absolute atomic E-state index is 5.85. The van der Waals surface area contributed by atoms with Gasteiger partial charge in [-0.05, 0) is 63.1 Å². The minimum atomic E-state index is 0.734. The largest absolute Gasteiger partial charge is 0.330 e. The van der Waals surface area contributed by atoms with E-state index in [1.165, 1.54) is 45.3 Å². The summed E-state index contributed by atoms with van der Waals surface area (Å²) in [5.41, 5.74) is 5.85. The van der Waals surface area contributed by atoms with Gasteiger partial charge in [0.25, 0.3) is 0 Å². The highest BCUT2D eigenvalue weighted by Gasteiger charge is 2.17.